The summed E-state index contributed by atoms with van der Waals surface area (Å²) in [6.07, 6.45) is 7.27. The molecule has 4 nitrogen and oxygen atoms in total. The van der Waals surface area contributed by atoms with Gasteiger partial charge in [0, 0.05) is 43.7 Å². The Hall–Kier alpha value is -2.23. The van der Waals surface area contributed by atoms with Gasteiger partial charge in [-0.05, 0) is 30.2 Å². The number of pyridine rings is 2. The summed E-state index contributed by atoms with van der Waals surface area (Å²) in [7, 11) is 0. The predicted octanol–water partition coefficient (Wildman–Crippen LogP) is 1.77. The number of aryl methyl sites for hydroxylation is 1. The monoisotopic (exact) mass is 255 g/mol. The van der Waals surface area contributed by atoms with Gasteiger partial charge in [-0.1, -0.05) is 12.1 Å². The third-order valence-corrected chi connectivity index (χ3v) is 2.79. The maximum atomic E-state index is 11.7. The van der Waals surface area contributed by atoms with Crippen LogP contribution in [0.15, 0.2) is 48.9 Å². The lowest BCUT2D eigenvalue weighted by molar-refractivity contribution is -0.121. The van der Waals surface area contributed by atoms with Crippen molar-refractivity contribution in [1.82, 2.24) is 15.3 Å². The molecule has 0 spiro atoms. The molecule has 2 heterocycles. The summed E-state index contributed by atoms with van der Waals surface area (Å²) >= 11 is 0. The zero-order chi connectivity index (χ0) is 13.3. The molecule has 0 aliphatic heterocycles. The number of hydrogen-bond acceptors (Lipinski definition) is 3. The molecule has 0 unspecified atom stereocenters. The Balaban J connectivity index is 1.65. The molecule has 0 saturated heterocycles. The van der Waals surface area contributed by atoms with Gasteiger partial charge in [-0.25, -0.2) is 0 Å². The van der Waals surface area contributed by atoms with Crippen molar-refractivity contribution in [2.24, 2.45) is 0 Å². The average molecular weight is 255 g/mol. The van der Waals surface area contributed by atoms with Crippen LogP contribution in [-0.2, 0) is 17.6 Å². The quantitative estimate of drug-likeness (QED) is 0.856. The first-order valence-corrected chi connectivity index (χ1v) is 6.40. The number of carbonyl (C=O) groups is 1. The second-order valence-corrected chi connectivity index (χ2v) is 4.28. The zero-order valence-corrected chi connectivity index (χ0v) is 10.7. The van der Waals surface area contributed by atoms with E-state index < -0.39 is 0 Å². The summed E-state index contributed by atoms with van der Waals surface area (Å²) in [6, 6.07) is 9.66. The SMILES string of the molecule is O=C(CCc1cccnc1)NCCc1ccccn1. The van der Waals surface area contributed by atoms with Crippen LogP contribution in [0.25, 0.3) is 0 Å². The number of carbonyl (C=O) groups excluding carboxylic acids is 1. The standard InChI is InChI=1S/C15H17N3O/c19-15(7-6-13-4-3-9-16-12-13)18-11-8-14-5-1-2-10-17-14/h1-5,9-10,12H,6-8,11H2,(H,18,19). The molecule has 98 valence electrons. The average Bonchev–Trinajstić information content (AvgIpc) is 2.47. The maximum absolute atomic E-state index is 11.7. The highest BCUT2D eigenvalue weighted by molar-refractivity contribution is 5.76. The lowest BCUT2D eigenvalue weighted by Crippen LogP contribution is -2.26. The van der Waals surface area contributed by atoms with E-state index in [2.05, 4.69) is 15.3 Å². The van der Waals surface area contributed by atoms with Gasteiger partial charge in [0.15, 0.2) is 0 Å². The van der Waals surface area contributed by atoms with Crippen LogP contribution in [0.1, 0.15) is 17.7 Å². The van der Waals surface area contributed by atoms with Gasteiger partial charge >= 0.3 is 0 Å². The molecule has 0 aliphatic rings. The predicted molar refractivity (Wildman–Crippen MR) is 73.5 cm³/mol. The Morgan fingerprint density at radius 3 is 2.79 bits per heavy atom. The lowest BCUT2D eigenvalue weighted by atomic mass is 10.1. The van der Waals surface area contributed by atoms with Gasteiger partial charge in [0.2, 0.25) is 5.91 Å². The minimum Gasteiger partial charge on any atom is -0.356 e. The van der Waals surface area contributed by atoms with Crippen molar-refractivity contribution in [2.45, 2.75) is 19.3 Å². The lowest BCUT2D eigenvalue weighted by Gasteiger charge is -2.05. The normalized spacial score (nSPS) is 10.1. The fourth-order valence-corrected chi connectivity index (χ4v) is 1.77. The van der Waals surface area contributed by atoms with Gasteiger partial charge in [-0.2, -0.15) is 0 Å². The van der Waals surface area contributed by atoms with Crippen LogP contribution in [0, 0.1) is 0 Å². The molecule has 0 fully saturated rings. The molecule has 2 aromatic heterocycles. The highest BCUT2D eigenvalue weighted by Gasteiger charge is 2.02. The van der Waals surface area contributed by atoms with E-state index in [1.807, 2.05) is 30.3 Å². The van der Waals surface area contributed by atoms with E-state index in [1.54, 1.807) is 18.6 Å². The smallest absolute Gasteiger partial charge is 0.220 e. The second-order valence-electron chi connectivity index (χ2n) is 4.28. The van der Waals surface area contributed by atoms with Gasteiger partial charge in [0.05, 0.1) is 0 Å². The molecule has 0 aromatic carbocycles. The summed E-state index contributed by atoms with van der Waals surface area (Å²) in [5.41, 5.74) is 2.08. The highest BCUT2D eigenvalue weighted by Crippen LogP contribution is 2.00. The van der Waals surface area contributed by atoms with Crippen molar-refractivity contribution in [3.63, 3.8) is 0 Å². The Kier molecular flexibility index (Phi) is 5.05. The van der Waals surface area contributed by atoms with E-state index in [1.165, 1.54) is 0 Å². The molecule has 1 amide bonds. The highest BCUT2D eigenvalue weighted by atomic mass is 16.1. The minimum absolute atomic E-state index is 0.0692. The largest absolute Gasteiger partial charge is 0.356 e. The van der Waals surface area contributed by atoms with E-state index in [-0.39, 0.29) is 5.91 Å². The molecule has 4 heteroatoms. The van der Waals surface area contributed by atoms with Crippen molar-refractivity contribution in [2.75, 3.05) is 6.54 Å². The van der Waals surface area contributed by atoms with E-state index >= 15 is 0 Å². The first-order chi connectivity index (χ1) is 9.34. The van der Waals surface area contributed by atoms with Gasteiger partial charge in [0.25, 0.3) is 0 Å². The topological polar surface area (TPSA) is 54.9 Å². The number of aromatic nitrogens is 2. The van der Waals surface area contributed by atoms with Gasteiger partial charge in [0.1, 0.15) is 0 Å². The van der Waals surface area contributed by atoms with Crippen LogP contribution >= 0.6 is 0 Å². The van der Waals surface area contributed by atoms with Crippen molar-refractivity contribution in [3.05, 3.63) is 60.2 Å². The third kappa shape index (κ3) is 4.87. The molecule has 0 aliphatic carbocycles. The number of nitrogens with zero attached hydrogens (tertiary/aromatic N) is 2. The summed E-state index contributed by atoms with van der Waals surface area (Å²) in [5.74, 6) is 0.0692. The van der Waals surface area contributed by atoms with E-state index in [0.717, 1.165) is 24.1 Å². The van der Waals surface area contributed by atoms with Gasteiger partial charge in [-0.15, -0.1) is 0 Å². The van der Waals surface area contributed by atoms with Crippen LogP contribution in [0.3, 0.4) is 0 Å². The molecule has 0 bridgehead atoms. The Morgan fingerprint density at radius 1 is 1.11 bits per heavy atom. The third-order valence-electron chi connectivity index (χ3n) is 2.79. The zero-order valence-electron chi connectivity index (χ0n) is 10.7. The number of nitrogens with one attached hydrogen (secondary N) is 1. The van der Waals surface area contributed by atoms with Gasteiger partial charge in [-0.3, -0.25) is 14.8 Å². The Bertz CT molecular complexity index is 499. The molecule has 0 saturated carbocycles. The van der Waals surface area contributed by atoms with E-state index in [4.69, 9.17) is 0 Å². The van der Waals surface area contributed by atoms with Crippen LogP contribution in [0.2, 0.25) is 0 Å². The molecule has 2 rings (SSSR count). The van der Waals surface area contributed by atoms with Crippen LogP contribution in [0.5, 0.6) is 0 Å². The van der Waals surface area contributed by atoms with Crippen molar-refractivity contribution >= 4 is 5.91 Å². The fourth-order valence-electron chi connectivity index (χ4n) is 1.77. The molecule has 1 N–H and O–H groups in total. The molecule has 2 aromatic rings. The summed E-state index contributed by atoms with van der Waals surface area (Å²) in [5, 5.41) is 2.90. The molecule has 0 radical (unpaired) electrons. The molecule has 19 heavy (non-hydrogen) atoms. The number of amides is 1. The van der Waals surface area contributed by atoms with E-state index in [9.17, 15) is 4.79 Å². The van der Waals surface area contributed by atoms with Crippen LogP contribution in [0.4, 0.5) is 0 Å². The number of rotatable bonds is 6. The summed E-state index contributed by atoms with van der Waals surface area (Å²) in [6.45, 7) is 0.628. The first-order valence-electron chi connectivity index (χ1n) is 6.40. The maximum Gasteiger partial charge on any atom is 0.220 e. The van der Waals surface area contributed by atoms with Crippen LogP contribution in [-0.4, -0.2) is 22.4 Å². The van der Waals surface area contributed by atoms with Crippen LogP contribution < -0.4 is 5.32 Å². The Morgan fingerprint density at radius 2 is 2.05 bits per heavy atom. The first kappa shape index (κ1) is 13.2. The van der Waals surface area contributed by atoms with Crippen molar-refractivity contribution in [1.29, 1.82) is 0 Å². The Labute approximate surface area is 112 Å². The van der Waals surface area contributed by atoms with Gasteiger partial charge < -0.3 is 5.32 Å². The fraction of sp³-hybridized carbons (Fsp3) is 0.267. The molecular weight excluding hydrogens is 238 g/mol. The summed E-state index contributed by atoms with van der Waals surface area (Å²) in [4.78, 5) is 19.9. The summed E-state index contributed by atoms with van der Waals surface area (Å²) < 4.78 is 0. The van der Waals surface area contributed by atoms with Crippen molar-refractivity contribution < 1.29 is 4.79 Å². The van der Waals surface area contributed by atoms with Crippen molar-refractivity contribution in [3.8, 4) is 0 Å². The second kappa shape index (κ2) is 7.26. The minimum atomic E-state index is 0.0692. The molecular formula is C15H17N3O. The molecule has 0 atom stereocenters. The van der Waals surface area contributed by atoms with E-state index in [0.29, 0.717) is 13.0 Å². The number of hydrogen-bond donors (Lipinski definition) is 1.